The molecule has 0 aromatic rings. The maximum absolute atomic E-state index is 12.9. The Morgan fingerprint density at radius 2 is 1.11 bits per heavy atom. The molecule has 8 rings (SSSR count). The molecule has 47 heavy (non-hydrogen) atoms. The third kappa shape index (κ3) is 6.66. The van der Waals surface area contributed by atoms with Gasteiger partial charge in [0.05, 0.1) is 30.0 Å². The van der Waals surface area contributed by atoms with Crippen LogP contribution in [0, 0.1) is 145 Å². The van der Waals surface area contributed by atoms with E-state index < -0.39 is 5.60 Å². The van der Waals surface area contributed by atoms with Gasteiger partial charge in [-0.15, -0.1) is 0 Å². The summed E-state index contributed by atoms with van der Waals surface area (Å²) in [7, 11) is 0. The van der Waals surface area contributed by atoms with E-state index in [2.05, 4.69) is 33.8 Å². The smallest absolute Gasteiger partial charge is 0.159 e. The van der Waals surface area contributed by atoms with Crippen molar-refractivity contribution in [3.63, 3.8) is 0 Å². The number of hydrogen-bond donors (Lipinski definition) is 5. The van der Waals surface area contributed by atoms with Crippen LogP contribution in [0.3, 0.4) is 0 Å². The summed E-state index contributed by atoms with van der Waals surface area (Å²) in [5.74, 6) is 2.26. The molecule has 6 fully saturated rings. The molecule has 6 saturated carbocycles. The van der Waals surface area contributed by atoms with Crippen LogP contribution in [0.5, 0.6) is 0 Å². The molecule has 0 aromatic heterocycles. The van der Waals surface area contributed by atoms with Crippen molar-refractivity contribution in [3.05, 3.63) is 23.3 Å². The molecule has 6 nitrogen and oxygen atoms in total. The third-order valence-corrected chi connectivity index (χ3v) is 15.8. The molecule has 258 valence electrons. The second-order valence-corrected chi connectivity index (χ2v) is 18.6. The summed E-state index contributed by atoms with van der Waals surface area (Å²) >= 11 is 0. The van der Waals surface area contributed by atoms with Crippen LogP contribution in [0.2, 0.25) is 0 Å². The predicted octanol–water partition coefficient (Wildman–Crippen LogP) is 5.88. The molecular weight excluding hydrogens is 1020 g/mol. The van der Waals surface area contributed by atoms with Crippen LogP contribution in [-0.2, 0) is 4.79 Å². The van der Waals surface area contributed by atoms with Gasteiger partial charge >= 0.3 is 0 Å². The molecule has 15 atom stereocenters. The van der Waals surface area contributed by atoms with Gasteiger partial charge in [-0.3, -0.25) is 4.79 Å². The summed E-state index contributed by atoms with van der Waals surface area (Å²) in [6.45, 7) is 11.3. The Morgan fingerprint density at radius 3 is 1.70 bits per heavy atom. The fourth-order valence-electron chi connectivity index (χ4n) is 13.4. The van der Waals surface area contributed by atoms with Gasteiger partial charge in [-0.05, 0) is 154 Å². The van der Waals surface area contributed by atoms with Crippen LogP contribution < -0.4 is 0 Å². The first-order chi connectivity index (χ1) is 21.0. The van der Waals surface area contributed by atoms with E-state index in [1.165, 1.54) is 11.1 Å². The van der Waals surface area contributed by atoms with Crippen molar-refractivity contribution in [2.75, 3.05) is 0 Å². The molecule has 0 amide bonds. The second kappa shape index (κ2) is 13.9. The van der Waals surface area contributed by atoms with Crippen molar-refractivity contribution in [2.24, 2.45) is 57.2 Å². The van der Waals surface area contributed by atoms with Gasteiger partial charge < -0.3 is 25.5 Å². The van der Waals surface area contributed by atoms with Gasteiger partial charge in [-0.2, -0.15) is 0 Å². The van der Waals surface area contributed by atoms with Crippen molar-refractivity contribution in [1.29, 1.82) is 0 Å². The Balaban J connectivity index is 0.000000177. The minimum absolute atomic E-state index is 0. The molecule has 9 unspecified atom stereocenters. The van der Waals surface area contributed by atoms with Crippen molar-refractivity contribution >= 4 is 5.78 Å². The molecule has 0 saturated heterocycles. The van der Waals surface area contributed by atoms with E-state index in [0.29, 0.717) is 30.1 Å². The van der Waals surface area contributed by atoms with E-state index in [-0.39, 0.29) is 152 Å². The summed E-state index contributed by atoms with van der Waals surface area (Å²) in [5, 5.41) is 51.9. The Bertz CT molecular complexity index is 1280. The first-order valence-corrected chi connectivity index (χ1v) is 18.4. The van der Waals surface area contributed by atoms with Gasteiger partial charge in [0.25, 0.3) is 0 Å². The molecule has 8 aliphatic rings. The van der Waals surface area contributed by atoms with Gasteiger partial charge in [0, 0.05) is 94.0 Å². The largest absolute Gasteiger partial charge is 0.393 e. The number of hydrogen-bond acceptors (Lipinski definition) is 6. The van der Waals surface area contributed by atoms with Crippen LogP contribution in [-0.4, -0.2) is 61.3 Å². The molecule has 0 aliphatic heterocycles. The maximum Gasteiger partial charge on any atom is 0.159 e. The molecule has 0 spiro atoms. The standard InChI is InChI=1S/C20H32O3.C19H28O3.2Ac/c1-18-6-5-15-17(16(18)9-14(22)11-18)20(3,23)10-12-8-13(21)4-7-19(12,15)2;1-18-5-4-14-17(15(18)9-13(21)10-18)16(22)8-11-7-12(20)3-6-19(11,14)2;;/h10,13-17,21-23H,4-9,11H2,1-3H3;8,12-15,17,20-21H,3-7,9-10H2,1-2H3;;/t13-,14+,15?,16?,17?,18+,19-,20?;12?,13?,14?,15?,17?,18-,19+;;/m01../s1. The van der Waals surface area contributed by atoms with E-state index in [4.69, 9.17) is 0 Å². The number of fused-ring (bicyclic) bond motifs is 10. The zero-order valence-corrected chi connectivity index (χ0v) is 39.1. The number of ketones is 1. The molecule has 8 heteroatoms. The van der Waals surface area contributed by atoms with Gasteiger partial charge in [0.15, 0.2) is 5.78 Å². The number of rotatable bonds is 0. The Morgan fingerprint density at radius 1 is 0.617 bits per heavy atom. The number of allylic oxidation sites excluding steroid dienone is 1. The molecule has 0 bridgehead atoms. The minimum atomic E-state index is -0.813. The summed E-state index contributed by atoms with van der Waals surface area (Å²) in [5.41, 5.74) is 2.21. The fraction of sp³-hybridized carbons (Fsp3) is 0.872. The van der Waals surface area contributed by atoms with E-state index >= 15 is 0 Å². The van der Waals surface area contributed by atoms with E-state index in [9.17, 15) is 30.3 Å². The number of aliphatic hydroxyl groups is 5. The van der Waals surface area contributed by atoms with E-state index in [1.807, 2.05) is 13.0 Å². The van der Waals surface area contributed by atoms with E-state index in [1.54, 1.807) is 0 Å². The SMILES string of the molecule is CC1(O)C=C2C[C@@H](O)CC[C@]2(C)C2CC[C@]3(C)C[C@H](O)CC3C21.C[C@]12CCC3C(C(=O)C=C4CC(O)CC[C@@]43C)C1CC(O)C2.[Ac].[Ac]. The van der Waals surface area contributed by atoms with Gasteiger partial charge in [0.1, 0.15) is 0 Å². The number of carbonyl (C=O) groups is 1. The van der Waals surface area contributed by atoms with Crippen LogP contribution in [0.25, 0.3) is 0 Å². The summed E-state index contributed by atoms with van der Waals surface area (Å²) in [6, 6.07) is 0. The average Bonchev–Trinajstić information content (AvgIpc) is 3.43. The molecule has 8 aliphatic carbocycles. The number of aliphatic hydroxyl groups excluding tert-OH is 4. The summed E-state index contributed by atoms with van der Waals surface area (Å²) in [6.07, 6.45) is 16.1. The van der Waals surface area contributed by atoms with Crippen LogP contribution >= 0.6 is 0 Å². The zero-order valence-electron chi connectivity index (χ0n) is 29.6. The minimum Gasteiger partial charge on any atom is -0.393 e. The first kappa shape index (κ1) is 40.0. The second-order valence-electron chi connectivity index (χ2n) is 18.6. The quantitative estimate of drug-likeness (QED) is 0.194. The van der Waals surface area contributed by atoms with Gasteiger partial charge in [0.2, 0.25) is 0 Å². The van der Waals surface area contributed by atoms with Crippen molar-refractivity contribution in [1.82, 2.24) is 0 Å². The molecular formula is C39H60Ac2O6. The first-order valence-electron chi connectivity index (χ1n) is 18.4. The summed E-state index contributed by atoms with van der Waals surface area (Å²) in [4.78, 5) is 12.9. The Labute approximate surface area is 354 Å². The molecule has 2 radical (unpaired) electrons. The normalized spacial score (nSPS) is 54.2. The topological polar surface area (TPSA) is 118 Å². The third-order valence-electron chi connectivity index (χ3n) is 15.8. The van der Waals surface area contributed by atoms with Gasteiger partial charge in [-0.1, -0.05) is 44.9 Å². The Kier molecular flexibility index (Phi) is 11.9. The number of carbonyl (C=O) groups excluding carboxylic acids is 1. The van der Waals surface area contributed by atoms with Crippen molar-refractivity contribution in [2.45, 2.75) is 155 Å². The van der Waals surface area contributed by atoms with Crippen molar-refractivity contribution < 1.29 is 118 Å². The van der Waals surface area contributed by atoms with Crippen LogP contribution in [0.1, 0.15) is 125 Å². The zero-order chi connectivity index (χ0) is 32.3. The molecule has 5 N–H and O–H groups in total. The Hall–Kier alpha value is 1.83. The maximum atomic E-state index is 12.9. The van der Waals surface area contributed by atoms with E-state index in [0.717, 1.165) is 83.5 Å². The van der Waals surface area contributed by atoms with Crippen molar-refractivity contribution in [3.8, 4) is 0 Å². The fourth-order valence-corrected chi connectivity index (χ4v) is 13.4. The summed E-state index contributed by atoms with van der Waals surface area (Å²) < 4.78 is 0. The van der Waals surface area contributed by atoms with Gasteiger partial charge in [-0.25, -0.2) is 0 Å². The van der Waals surface area contributed by atoms with Crippen LogP contribution in [0.15, 0.2) is 23.3 Å². The average molecular weight is 1080 g/mol. The monoisotopic (exact) mass is 1080 g/mol. The van der Waals surface area contributed by atoms with Crippen LogP contribution in [0.4, 0.5) is 0 Å². The predicted molar refractivity (Wildman–Crippen MR) is 174 cm³/mol. The molecule has 0 heterocycles. The molecule has 0 aromatic carbocycles.